The molecule has 0 saturated heterocycles. The lowest BCUT2D eigenvalue weighted by atomic mass is 10.1. The van der Waals surface area contributed by atoms with Crippen molar-refractivity contribution in [2.75, 3.05) is 5.32 Å². The number of rotatable bonds is 5. The Morgan fingerprint density at radius 2 is 2.08 bits per heavy atom. The van der Waals surface area contributed by atoms with Gasteiger partial charge in [-0.25, -0.2) is 0 Å². The number of hydrogen-bond donors (Lipinski definition) is 1. The molecule has 0 fully saturated rings. The van der Waals surface area contributed by atoms with E-state index in [0.717, 1.165) is 11.1 Å². The van der Waals surface area contributed by atoms with Crippen molar-refractivity contribution < 1.29 is 13.7 Å². The SMILES string of the molecule is Cc1cccc(-c2nnc(S[C@H](C)C(=O)Nc3cc(C)on3)o2)c1. The Bertz CT molecular complexity index is 858. The number of amides is 1. The fourth-order valence-corrected chi connectivity index (χ4v) is 2.69. The summed E-state index contributed by atoms with van der Waals surface area (Å²) in [7, 11) is 0. The Balaban J connectivity index is 1.64. The van der Waals surface area contributed by atoms with Gasteiger partial charge in [0, 0.05) is 11.6 Å². The molecule has 0 aliphatic heterocycles. The average Bonchev–Trinajstić information content (AvgIpc) is 3.16. The lowest BCUT2D eigenvalue weighted by molar-refractivity contribution is -0.115. The zero-order valence-electron chi connectivity index (χ0n) is 13.4. The second-order valence-corrected chi connectivity index (χ2v) is 6.61. The first-order valence-electron chi connectivity index (χ1n) is 7.32. The van der Waals surface area contributed by atoms with Crippen LogP contribution in [0.1, 0.15) is 18.2 Å². The number of carbonyl (C=O) groups is 1. The molecule has 3 aromatic rings. The molecule has 3 rings (SSSR count). The largest absolute Gasteiger partial charge is 0.411 e. The molecule has 0 unspecified atom stereocenters. The number of nitrogens with one attached hydrogen (secondary N) is 1. The van der Waals surface area contributed by atoms with Crippen molar-refractivity contribution in [3.63, 3.8) is 0 Å². The topological polar surface area (TPSA) is 94.1 Å². The fraction of sp³-hybridized carbons (Fsp3) is 0.250. The highest BCUT2D eigenvalue weighted by Crippen LogP contribution is 2.27. The van der Waals surface area contributed by atoms with Gasteiger partial charge in [-0.3, -0.25) is 4.79 Å². The Morgan fingerprint density at radius 1 is 1.25 bits per heavy atom. The minimum atomic E-state index is -0.423. The van der Waals surface area contributed by atoms with Gasteiger partial charge in [-0.2, -0.15) is 0 Å². The van der Waals surface area contributed by atoms with Crippen LogP contribution < -0.4 is 5.32 Å². The van der Waals surface area contributed by atoms with Crippen LogP contribution in [0.3, 0.4) is 0 Å². The first-order chi connectivity index (χ1) is 11.5. The maximum Gasteiger partial charge on any atom is 0.277 e. The lowest BCUT2D eigenvalue weighted by Crippen LogP contribution is -2.22. The Hall–Kier alpha value is -2.61. The number of thioether (sulfide) groups is 1. The standard InChI is InChI=1S/C16H16N4O3S/c1-9-5-4-6-12(7-9)15-18-19-16(22-15)24-11(3)14(21)17-13-8-10(2)23-20-13/h4-8,11H,1-3H3,(H,17,20,21)/t11-/m1/s1. The third-order valence-corrected chi connectivity index (χ3v) is 4.13. The molecule has 2 heterocycles. The summed E-state index contributed by atoms with van der Waals surface area (Å²) >= 11 is 1.19. The first kappa shape index (κ1) is 16.3. The van der Waals surface area contributed by atoms with E-state index in [4.69, 9.17) is 8.94 Å². The Kier molecular flexibility index (Phi) is 4.66. The van der Waals surface area contributed by atoms with E-state index in [1.165, 1.54) is 11.8 Å². The van der Waals surface area contributed by atoms with E-state index >= 15 is 0 Å². The molecule has 0 saturated carbocycles. The van der Waals surface area contributed by atoms with Crippen LogP contribution in [-0.2, 0) is 4.79 Å². The molecule has 7 nitrogen and oxygen atoms in total. The molecule has 0 aliphatic rings. The minimum absolute atomic E-state index is 0.219. The summed E-state index contributed by atoms with van der Waals surface area (Å²) in [4.78, 5) is 12.1. The predicted octanol–water partition coefficient (Wildman–Crippen LogP) is 3.46. The van der Waals surface area contributed by atoms with Gasteiger partial charge in [0.1, 0.15) is 5.76 Å². The number of carbonyl (C=O) groups excluding carboxylic acids is 1. The van der Waals surface area contributed by atoms with Crippen LogP contribution in [0.25, 0.3) is 11.5 Å². The van der Waals surface area contributed by atoms with E-state index in [-0.39, 0.29) is 5.91 Å². The molecule has 0 radical (unpaired) electrons. The lowest BCUT2D eigenvalue weighted by Gasteiger charge is -2.06. The van der Waals surface area contributed by atoms with Gasteiger partial charge in [0.05, 0.1) is 5.25 Å². The van der Waals surface area contributed by atoms with Gasteiger partial charge >= 0.3 is 0 Å². The van der Waals surface area contributed by atoms with E-state index in [1.807, 2.05) is 31.2 Å². The second-order valence-electron chi connectivity index (χ2n) is 5.31. The maximum atomic E-state index is 12.1. The van der Waals surface area contributed by atoms with E-state index in [1.54, 1.807) is 19.9 Å². The Morgan fingerprint density at radius 3 is 2.79 bits per heavy atom. The third-order valence-electron chi connectivity index (χ3n) is 3.20. The molecule has 1 N–H and O–H groups in total. The van der Waals surface area contributed by atoms with Gasteiger partial charge < -0.3 is 14.3 Å². The normalized spacial score (nSPS) is 12.1. The van der Waals surface area contributed by atoms with E-state index in [2.05, 4.69) is 20.7 Å². The number of benzene rings is 1. The molecule has 0 bridgehead atoms. The van der Waals surface area contributed by atoms with Crippen LogP contribution in [0.15, 0.2) is 44.5 Å². The zero-order chi connectivity index (χ0) is 17.1. The summed E-state index contributed by atoms with van der Waals surface area (Å²) in [5.74, 6) is 1.23. The highest BCUT2D eigenvalue weighted by Gasteiger charge is 2.20. The highest BCUT2D eigenvalue weighted by molar-refractivity contribution is 8.00. The summed E-state index contributed by atoms with van der Waals surface area (Å²) in [6.45, 7) is 5.50. The van der Waals surface area contributed by atoms with Crippen LogP contribution in [0, 0.1) is 13.8 Å². The molecule has 2 aromatic heterocycles. The van der Waals surface area contributed by atoms with Gasteiger partial charge in [0.25, 0.3) is 5.22 Å². The molecule has 1 aromatic carbocycles. The van der Waals surface area contributed by atoms with E-state index in [9.17, 15) is 4.79 Å². The van der Waals surface area contributed by atoms with Crippen LogP contribution in [-0.4, -0.2) is 26.5 Å². The van der Waals surface area contributed by atoms with Crippen molar-refractivity contribution >= 4 is 23.5 Å². The minimum Gasteiger partial charge on any atom is -0.411 e. The van der Waals surface area contributed by atoms with Crippen molar-refractivity contribution in [1.29, 1.82) is 0 Å². The molecule has 8 heteroatoms. The van der Waals surface area contributed by atoms with Crippen LogP contribution in [0.2, 0.25) is 0 Å². The second kappa shape index (κ2) is 6.88. The van der Waals surface area contributed by atoms with Gasteiger partial charge in [0.2, 0.25) is 11.8 Å². The van der Waals surface area contributed by atoms with Crippen molar-refractivity contribution in [1.82, 2.24) is 15.4 Å². The molecule has 0 aliphatic carbocycles. The average molecular weight is 344 g/mol. The molecular weight excluding hydrogens is 328 g/mol. The number of anilines is 1. The van der Waals surface area contributed by atoms with Crippen molar-refractivity contribution in [2.24, 2.45) is 0 Å². The van der Waals surface area contributed by atoms with Crippen LogP contribution >= 0.6 is 11.8 Å². The molecule has 24 heavy (non-hydrogen) atoms. The van der Waals surface area contributed by atoms with Gasteiger partial charge in [-0.1, -0.05) is 34.6 Å². The fourth-order valence-electron chi connectivity index (χ4n) is 2.01. The number of hydrogen-bond acceptors (Lipinski definition) is 7. The van der Waals surface area contributed by atoms with E-state index in [0.29, 0.717) is 22.7 Å². The van der Waals surface area contributed by atoms with Gasteiger partial charge in [-0.15, -0.1) is 10.2 Å². The molecule has 1 atom stereocenters. The maximum absolute atomic E-state index is 12.1. The van der Waals surface area contributed by atoms with Gasteiger partial charge in [-0.05, 0) is 32.9 Å². The highest BCUT2D eigenvalue weighted by atomic mass is 32.2. The first-order valence-corrected chi connectivity index (χ1v) is 8.20. The van der Waals surface area contributed by atoms with Crippen molar-refractivity contribution in [2.45, 2.75) is 31.2 Å². The number of aromatic nitrogens is 3. The van der Waals surface area contributed by atoms with Crippen molar-refractivity contribution in [3.05, 3.63) is 41.7 Å². The predicted molar refractivity (Wildman–Crippen MR) is 89.7 cm³/mol. The summed E-state index contributed by atoms with van der Waals surface area (Å²) in [5.41, 5.74) is 1.96. The van der Waals surface area contributed by atoms with E-state index < -0.39 is 5.25 Å². The third kappa shape index (κ3) is 3.83. The molecule has 0 spiro atoms. The quantitative estimate of drug-likeness (QED) is 0.708. The summed E-state index contributed by atoms with van der Waals surface area (Å²) in [6, 6.07) is 9.44. The molecule has 1 amide bonds. The smallest absolute Gasteiger partial charge is 0.277 e. The summed E-state index contributed by atoms with van der Waals surface area (Å²) in [5, 5.41) is 14.3. The van der Waals surface area contributed by atoms with Gasteiger partial charge in [0.15, 0.2) is 5.82 Å². The summed E-state index contributed by atoms with van der Waals surface area (Å²) in [6.07, 6.45) is 0. The van der Waals surface area contributed by atoms with Crippen molar-refractivity contribution in [3.8, 4) is 11.5 Å². The van der Waals surface area contributed by atoms with Crippen LogP contribution in [0.4, 0.5) is 5.82 Å². The summed E-state index contributed by atoms with van der Waals surface area (Å²) < 4.78 is 10.5. The molecular formula is C16H16N4O3S. The number of aryl methyl sites for hydroxylation is 2. The molecule has 124 valence electrons. The number of nitrogens with zero attached hydrogens (tertiary/aromatic N) is 3. The zero-order valence-corrected chi connectivity index (χ0v) is 14.3. The Labute approximate surface area is 142 Å². The van der Waals surface area contributed by atoms with Crippen LogP contribution in [0.5, 0.6) is 0 Å². The monoisotopic (exact) mass is 344 g/mol.